The molecule has 2 aromatic rings. The van der Waals surface area contributed by atoms with E-state index >= 15 is 0 Å². The number of rotatable bonds is 2. The first-order chi connectivity index (χ1) is 10.4. The van der Waals surface area contributed by atoms with Crippen LogP contribution in [-0.2, 0) is 0 Å². The summed E-state index contributed by atoms with van der Waals surface area (Å²) >= 11 is 0. The highest BCUT2D eigenvalue weighted by Crippen LogP contribution is 2.45. The second-order valence-corrected chi connectivity index (χ2v) is 6.36. The van der Waals surface area contributed by atoms with Crippen molar-refractivity contribution in [1.29, 1.82) is 0 Å². The molecule has 1 saturated carbocycles. The molecule has 21 heavy (non-hydrogen) atoms. The lowest BCUT2D eigenvalue weighted by atomic mass is 9.71. The first-order valence-corrected chi connectivity index (χ1v) is 8.10. The van der Waals surface area contributed by atoms with Gasteiger partial charge < -0.3 is 0 Å². The molecule has 0 amide bonds. The van der Waals surface area contributed by atoms with Crippen LogP contribution in [0.1, 0.15) is 42.9 Å². The molecule has 1 heteroatoms. The van der Waals surface area contributed by atoms with E-state index in [1.807, 2.05) is 0 Å². The van der Waals surface area contributed by atoms with Gasteiger partial charge in [0, 0.05) is 11.6 Å². The molecule has 106 valence electrons. The van der Waals surface area contributed by atoms with Crippen LogP contribution in [0.4, 0.5) is 0 Å². The highest BCUT2D eigenvalue weighted by molar-refractivity contribution is 6.02. The molecule has 0 aromatic heterocycles. The van der Waals surface area contributed by atoms with Gasteiger partial charge in [-0.15, -0.1) is 0 Å². The summed E-state index contributed by atoms with van der Waals surface area (Å²) in [7, 11) is 0. The maximum Gasteiger partial charge on any atom is 0.0781 e. The quantitative estimate of drug-likeness (QED) is 0.728. The highest BCUT2D eigenvalue weighted by Gasteiger charge is 2.36. The van der Waals surface area contributed by atoms with Gasteiger partial charge in [-0.05, 0) is 36.3 Å². The Bertz CT molecular complexity index is 629. The Balaban J connectivity index is 1.78. The summed E-state index contributed by atoms with van der Waals surface area (Å²) in [5.41, 5.74) is 4.06. The normalized spacial score (nSPS) is 28.0. The molecular formula is C20H21N. The molecular weight excluding hydrogens is 254 g/mol. The van der Waals surface area contributed by atoms with E-state index in [1.165, 1.54) is 42.5 Å². The summed E-state index contributed by atoms with van der Waals surface area (Å²) in [6.07, 6.45) is 5.31. The Kier molecular flexibility index (Phi) is 3.34. The van der Waals surface area contributed by atoms with Crippen LogP contribution in [0.2, 0.25) is 0 Å². The topological polar surface area (TPSA) is 12.4 Å². The van der Waals surface area contributed by atoms with E-state index in [9.17, 15) is 0 Å². The van der Waals surface area contributed by atoms with Crippen molar-refractivity contribution in [3.8, 4) is 0 Å². The van der Waals surface area contributed by atoms with Crippen LogP contribution < -0.4 is 0 Å². The van der Waals surface area contributed by atoms with Crippen LogP contribution in [0.5, 0.6) is 0 Å². The lowest BCUT2D eigenvalue weighted by Crippen LogP contribution is -2.32. The molecule has 3 atom stereocenters. The van der Waals surface area contributed by atoms with E-state index in [4.69, 9.17) is 4.99 Å². The van der Waals surface area contributed by atoms with Gasteiger partial charge in [0.1, 0.15) is 0 Å². The van der Waals surface area contributed by atoms with Crippen molar-refractivity contribution in [3.63, 3.8) is 0 Å². The molecule has 1 aliphatic heterocycles. The zero-order chi connectivity index (χ0) is 14.1. The molecule has 4 rings (SSSR count). The van der Waals surface area contributed by atoms with Crippen molar-refractivity contribution in [3.05, 3.63) is 71.8 Å². The Morgan fingerprint density at radius 1 is 0.810 bits per heavy atom. The van der Waals surface area contributed by atoms with Crippen LogP contribution >= 0.6 is 0 Å². The summed E-state index contributed by atoms with van der Waals surface area (Å²) in [6, 6.07) is 22.0. The third-order valence-electron chi connectivity index (χ3n) is 5.04. The Hall–Kier alpha value is -1.89. The van der Waals surface area contributed by atoms with Crippen LogP contribution in [0.25, 0.3) is 0 Å². The average molecular weight is 275 g/mol. The lowest BCUT2D eigenvalue weighted by molar-refractivity contribution is 0.258. The van der Waals surface area contributed by atoms with Crippen molar-refractivity contribution < 1.29 is 0 Å². The first-order valence-electron chi connectivity index (χ1n) is 8.10. The van der Waals surface area contributed by atoms with E-state index in [1.54, 1.807) is 0 Å². The number of hydrogen-bond donors (Lipinski definition) is 0. The number of aliphatic imine (C=N–C) groups is 1. The van der Waals surface area contributed by atoms with Gasteiger partial charge in [0.2, 0.25) is 0 Å². The zero-order valence-corrected chi connectivity index (χ0v) is 12.3. The summed E-state index contributed by atoms with van der Waals surface area (Å²) in [6.45, 7) is 0. The average Bonchev–Trinajstić information content (AvgIpc) is 2.57. The fourth-order valence-corrected chi connectivity index (χ4v) is 4.04. The molecule has 0 unspecified atom stereocenters. The molecule has 0 spiro atoms. The van der Waals surface area contributed by atoms with Crippen molar-refractivity contribution in [2.45, 2.75) is 31.7 Å². The minimum absolute atomic E-state index is 0.359. The number of nitrogens with zero attached hydrogens (tertiary/aromatic N) is 1. The van der Waals surface area contributed by atoms with Crippen molar-refractivity contribution >= 4 is 5.71 Å². The molecule has 1 aliphatic carbocycles. The monoisotopic (exact) mass is 275 g/mol. The Morgan fingerprint density at radius 3 is 2.29 bits per heavy atom. The molecule has 1 nitrogen and oxygen atoms in total. The smallest absolute Gasteiger partial charge is 0.0781 e. The minimum Gasteiger partial charge on any atom is -0.280 e. The van der Waals surface area contributed by atoms with Gasteiger partial charge in [-0.25, -0.2) is 0 Å². The van der Waals surface area contributed by atoms with Gasteiger partial charge in [0.15, 0.2) is 0 Å². The van der Waals surface area contributed by atoms with Gasteiger partial charge in [-0.1, -0.05) is 67.1 Å². The Labute approximate surface area is 126 Å². The van der Waals surface area contributed by atoms with E-state index in [0.29, 0.717) is 12.0 Å². The number of hydrogen-bond acceptors (Lipinski definition) is 1. The van der Waals surface area contributed by atoms with Crippen LogP contribution in [-0.4, -0.2) is 5.71 Å². The first kappa shape index (κ1) is 12.8. The summed E-state index contributed by atoms with van der Waals surface area (Å²) < 4.78 is 0. The van der Waals surface area contributed by atoms with Crippen molar-refractivity contribution in [2.75, 3.05) is 0 Å². The van der Waals surface area contributed by atoms with Gasteiger partial charge in [-0.2, -0.15) is 0 Å². The summed E-state index contributed by atoms with van der Waals surface area (Å²) in [4.78, 5) is 5.22. The lowest BCUT2D eigenvalue weighted by Gasteiger charge is -2.39. The second kappa shape index (κ2) is 5.48. The van der Waals surface area contributed by atoms with Gasteiger partial charge in [-0.3, -0.25) is 4.99 Å². The van der Waals surface area contributed by atoms with Crippen LogP contribution in [0.15, 0.2) is 65.7 Å². The Morgan fingerprint density at radius 2 is 1.52 bits per heavy atom. The standard InChI is InChI=1S/C20H21N/c1-3-8-15(9-4-1)19-17-12-7-13-18(14-17)20(21-19)16-10-5-2-6-11-16/h1-6,8-11,17-19H,7,12-14H2/t17-,18+,19+/m0/s1. The molecule has 0 radical (unpaired) electrons. The molecule has 1 fully saturated rings. The van der Waals surface area contributed by atoms with Gasteiger partial charge in [0.05, 0.1) is 6.04 Å². The van der Waals surface area contributed by atoms with E-state index in [-0.39, 0.29) is 0 Å². The molecule has 2 aliphatic rings. The minimum atomic E-state index is 0.359. The third-order valence-corrected chi connectivity index (χ3v) is 5.04. The van der Waals surface area contributed by atoms with Crippen LogP contribution in [0.3, 0.4) is 0 Å². The third kappa shape index (κ3) is 2.42. The zero-order valence-electron chi connectivity index (χ0n) is 12.3. The molecule has 0 N–H and O–H groups in total. The van der Waals surface area contributed by atoms with Crippen molar-refractivity contribution in [1.82, 2.24) is 0 Å². The van der Waals surface area contributed by atoms with E-state index < -0.39 is 0 Å². The highest BCUT2D eigenvalue weighted by atomic mass is 14.8. The summed E-state index contributed by atoms with van der Waals surface area (Å²) in [5, 5.41) is 0. The molecule has 2 aromatic carbocycles. The summed E-state index contributed by atoms with van der Waals surface area (Å²) in [5.74, 6) is 1.41. The van der Waals surface area contributed by atoms with E-state index in [0.717, 1.165) is 5.92 Å². The molecule has 1 heterocycles. The predicted molar refractivity (Wildman–Crippen MR) is 87.6 cm³/mol. The van der Waals surface area contributed by atoms with E-state index in [2.05, 4.69) is 60.7 Å². The largest absolute Gasteiger partial charge is 0.280 e. The van der Waals surface area contributed by atoms with Crippen molar-refractivity contribution in [2.24, 2.45) is 16.8 Å². The molecule has 2 bridgehead atoms. The van der Waals surface area contributed by atoms with Crippen LogP contribution in [0, 0.1) is 11.8 Å². The molecule has 0 saturated heterocycles. The fourth-order valence-electron chi connectivity index (χ4n) is 4.04. The number of benzene rings is 2. The maximum atomic E-state index is 5.22. The number of fused-ring (bicyclic) bond motifs is 2. The van der Waals surface area contributed by atoms with Gasteiger partial charge >= 0.3 is 0 Å². The second-order valence-electron chi connectivity index (χ2n) is 6.36. The van der Waals surface area contributed by atoms with Gasteiger partial charge in [0.25, 0.3) is 0 Å². The fraction of sp³-hybridized carbons (Fsp3) is 0.350. The SMILES string of the molecule is c1ccc(C2=N[C@H](c3ccccc3)[C@H]3CCC[C@@H]2C3)cc1. The predicted octanol–water partition coefficient (Wildman–Crippen LogP) is 5.04. The maximum absolute atomic E-state index is 5.22.